The largest absolute Gasteiger partial charge is 0.351 e. The molecule has 3 N–H and O–H groups in total. The summed E-state index contributed by atoms with van der Waals surface area (Å²) in [5, 5.41) is 2.99. The fraction of sp³-hybridized carbons (Fsp3) is 0.579. The normalized spacial score (nSPS) is 22.1. The summed E-state index contributed by atoms with van der Waals surface area (Å²) in [5.74, 6) is 0.111. The van der Waals surface area contributed by atoms with Crippen molar-refractivity contribution >= 4 is 17.5 Å². The highest BCUT2D eigenvalue weighted by Gasteiger charge is 2.40. The van der Waals surface area contributed by atoms with E-state index in [0.717, 1.165) is 18.5 Å². The second-order valence-corrected chi connectivity index (χ2v) is 7.27. The zero-order valence-corrected chi connectivity index (χ0v) is 14.5. The molecule has 0 radical (unpaired) electrons. The van der Waals surface area contributed by atoms with Gasteiger partial charge < -0.3 is 16.0 Å². The van der Waals surface area contributed by atoms with E-state index in [0.29, 0.717) is 31.3 Å². The summed E-state index contributed by atoms with van der Waals surface area (Å²) in [7, 11) is 0. The molecule has 1 aromatic carbocycles. The van der Waals surface area contributed by atoms with Gasteiger partial charge in [0, 0.05) is 24.8 Å². The van der Waals surface area contributed by atoms with Gasteiger partial charge in [-0.25, -0.2) is 0 Å². The molecular weight excluding hydrogens is 302 g/mol. The van der Waals surface area contributed by atoms with Gasteiger partial charge in [-0.2, -0.15) is 0 Å². The topological polar surface area (TPSA) is 75.4 Å². The van der Waals surface area contributed by atoms with E-state index in [1.807, 2.05) is 12.1 Å². The minimum Gasteiger partial charge on any atom is -0.351 e. The fourth-order valence-electron chi connectivity index (χ4n) is 3.37. The number of nitrogens with two attached hydrogens (primary N) is 1. The predicted molar refractivity (Wildman–Crippen MR) is 94.7 cm³/mol. The Balaban J connectivity index is 1.64. The van der Waals surface area contributed by atoms with E-state index in [-0.39, 0.29) is 17.9 Å². The lowest BCUT2D eigenvalue weighted by Gasteiger charge is -2.20. The average molecular weight is 329 g/mol. The summed E-state index contributed by atoms with van der Waals surface area (Å²) in [6.45, 7) is 5.32. The van der Waals surface area contributed by atoms with Gasteiger partial charge in [0.1, 0.15) is 5.92 Å². The molecule has 1 saturated heterocycles. The van der Waals surface area contributed by atoms with Gasteiger partial charge in [0.05, 0.1) is 0 Å². The molecule has 0 spiro atoms. The van der Waals surface area contributed by atoms with Gasteiger partial charge in [0.15, 0.2) is 0 Å². The highest BCUT2D eigenvalue weighted by molar-refractivity contribution is 6.09. The molecule has 2 fully saturated rings. The molecular formula is C19H27N3O2. The van der Waals surface area contributed by atoms with Crippen molar-refractivity contribution in [1.82, 2.24) is 5.32 Å². The summed E-state index contributed by atoms with van der Waals surface area (Å²) < 4.78 is 0. The fourth-order valence-corrected chi connectivity index (χ4v) is 3.37. The summed E-state index contributed by atoms with van der Waals surface area (Å²) in [6, 6.07) is 8.07. The van der Waals surface area contributed by atoms with Crippen LogP contribution in [-0.4, -0.2) is 30.9 Å². The van der Waals surface area contributed by atoms with E-state index in [2.05, 4.69) is 31.3 Å². The number of carbonyl (C=O) groups is 2. The molecule has 1 aliphatic carbocycles. The number of nitrogens with zero attached hydrogens (tertiary/aromatic N) is 1. The Morgan fingerprint density at radius 2 is 1.92 bits per heavy atom. The maximum Gasteiger partial charge on any atom is 0.239 e. The van der Waals surface area contributed by atoms with Crippen molar-refractivity contribution in [2.45, 2.75) is 45.1 Å². The van der Waals surface area contributed by atoms with Crippen molar-refractivity contribution in [3.05, 3.63) is 29.8 Å². The molecule has 130 valence electrons. The van der Waals surface area contributed by atoms with Crippen LogP contribution < -0.4 is 16.0 Å². The molecule has 24 heavy (non-hydrogen) atoms. The van der Waals surface area contributed by atoms with Crippen LogP contribution in [0.15, 0.2) is 24.3 Å². The van der Waals surface area contributed by atoms with Crippen molar-refractivity contribution in [2.24, 2.45) is 17.6 Å². The molecule has 2 amide bonds. The first-order chi connectivity index (χ1) is 11.5. The number of carbonyl (C=O) groups excluding carboxylic acids is 2. The Hall–Kier alpha value is -1.88. The first kappa shape index (κ1) is 17.0. The van der Waals surface area contributed by atoms with Gasteiger partial charge >= 0.3 is 0 Å². The van der Waals surface area contributed by atoms with Crippen molar-refractivity contribution in [3.8, 4) is 0 Å². The number of benzene rings is 1. The predicted octanol–water partition coefficient (Wildman–Crippen LogP) is 2.02. The molecule has 2 aliphatic rings. The summed E-state index contributed by atoms with van der Waals surface area (Å²) in [4.78, 5) is 26.8. The van der Waals surface area contributed by atoms with Gasteiger partial charge in [0.25, 0.3) is 0 Å². The van der Waals surface area contributed by atoms with E-state index < -0.39 is 5.92 Å². The van der Waals surface area contributed by atoms with E-state index in [1.54, 1.807) is 4.90 Å². The number of rotatable bonds is 6. The van der Waals surface area contributed by atoms with Crippen LogP contribution in [0.5, 0.6) is 0 Å². The van der Waals surface area contributed by atoms with Crippen molar-refractivity contribution < 1.29 is 9.59 Å². The third-order valence-corrected chi connectivity index (χ3v) is 5.17. The van der Waals surface area contributed by atoms with Crippen molar-refractivity contribution in [2.75, 3.05) is 18.0 Å². The van der Waals surface area contributed by atoms with Crippen LogP contribution in [0.25, 0.3) is 0 Å². The number of nitrogens with one attached hydrogen (secondary N) is 1. The van der Waals surface area contributed by atoms with Crippen LogP contribution in [0.4, 0.5) is 5.69 Å². The first-order valence-corrected chi connectivity index (χ1v) is 8.93. The summed E-state index contributed by atoms with van der Waals surface area (Å²) in [6.07, 6.45) is 2.81. The molecule has 1 aromatic rings. The van der Waals surface area contributed by atoms with Crippen LogP contribution in [0, 0.1) is 11.8 Å². The van der Waals surface area contributed by atoms with Gasteiger partial charge in [0.2, 0.25) is 11.8 Å². The monoisotopic (exact) mass is 329 g/mol. The van der Waals surface area contributed by atoms with Gasteiger partial charge in [-0.1, -0.05) is 26.0 Å². The Kier molecular flexibility index (Phi) is 4.90. The Morgan fingerprint density at radius 3 is 2.46 bits per heavy atom. The minimum atomic E-state index is -0.581. The van der Waals surface area contributed by atoms with Crippen LogP contribution in [-0.2, 0) is 9.59 Å². The van der Waals surface area contributed by atoms with Crippen LogP contribution in [0.1, 0.15) is 44.6 Å². The van der Waals surface area contributed by atoms with Crippen LogP contribution in [0.2, 0.25) is 0 Å². The van der Waals surface area contributed by atoms with E-state index in [1.165, 1.54) is 5.56 Å². The third kappa shape index (κ3) is 3.46. The molecule has 1 saturated carbocycles. The van der Waals surface area contributed by atoms with Crippen molar-refractivity contribution in [3.63, 3.8) is 0 Å². The smallest absolute Gasteiger partial charge is 0.239 e. The molecule has 5 heteroatoms. The number of hydrogen-bond donors (Lipinski definition) is 2. The SMILES string of the molecule is CC(C)c1ccc(N2CCC(C(=O)NC(CN)C3CC3)C2=O)cc1. The lowest BCUT2D eigenvalue weighted by molar-refractivity contribution is -0.132. The highest BCUT2D eigenvalue weighted by Crippen LogP contribution is 2.33. The molecule has 0 aromatic heterocycles. The van der Waals surface area contributed by atoms with Gasteiger partial charge in [-0.3, -0.25) is 9.59 Å². The lowest BCUT2D eigenvalue weighted by Crippen LogP contribution is -2.46. The van der Waals surface area contributed by atoms with E-state index in [4.69, 9.17) is 5.73 Å². The maximum atomic E-state index is 12.7. The van der Waals surface area contributed by atoms with Gasteiger partial charge in [-0.05, 0) is 48.8 Å². The zero-order chi connectivity index (χ0) is 17.3. The number of anilines is 1. The molecule has 0 bridgehead atoms. The van der Waals surface area contributed by atoms with Gasteiger partial charge in [-0.15, -0.1) is 0 Å². The molecule has 2 atom stereocenters. The van der Waals surface area contributed by atoms with Crippen LogP contribution in [0.3, 0.4) is 0 Å². The zero-order valence-electron chi connectivity index (χ0n) is 14.5. The van der Waals surface area contributed by atoms with E-state index >= 15 is 0 Å². The third-order valence-electron chi connectivity index (χ3n) is 5.17. The molecule has 2 unspecified atom stereocenters. The Bertz CT molecular complexity index is 608. The standard InChI is InChI=1S/C19H27N3O2/c1-12(2)13-5-7-15(8-6-13)22-10-9-16(19(22)24)18(23)21-17(11-20)14-3-4-14/h5-8,12,14,16-17H,3-4,9-11,20H2,1-2H3,(H,21,23). The van der Waals surface area contributed by atoms with Crippen LogP contribution >= 0.6 is 0 Å². The first-order valence-electron chi connectivity index (χ1n) is 8.93. The second-order valence-electron chi connectivity index (χ2n) is 7.27. The average Bonchev–Trinajstić information content (AvgIpc) is 3.34. The maximum absolute atomic E-state index is 12.7. The Morgan fingerprint density at radius 1 is 1.25 bits per heavy atom. The molecule has 3 rings (SSSR count). The molecule has 1 aliphatic heterocycles. The minimum absolute atomic E-state index is 0.0182. The summed E-state index contributed by atoms with van der Waals surface area (Å²) in [5.41, 5.74) is 7.86. The van der Waals surface area contributed by atoms with E-state index in [9.17, 15) is 9.59 Å². The number of hydrogen-bond acceptors (Lipinski definition) is 3. The van der Waals surface area contributed by atoms with Crippen molar-refractivity contribution in [1.29, 1.82) is 0 Å². The number of amides is 2. The quantitative estimate of drug-likeness (QED) is 0.784. The lowest BCUT2D eigenvalue weighted by atomic mass is 10.0. The Labute approximate surface area is 143 Å². The highest BCUT2D eigenvalue weighted by atomic mass is 16.2. The molecule has 5 nitrogen and oxygen atoms in total. The molecule has 1 heterocycles. The second kappa shape index (κ2) is 6.93. The summed E-state index contributed by atoms with van der Waals surface area (Å²) >= 11 is 0.